The number of benzene rings is 1. The topological polar surface area (TPSA) is 56.7 Å². The van der Waals surface area contributed by atoms with Crippen molar-refractivity contribution in [3.8, 4) is 0 Å². The first-order valence-electron chi connectivity index (χ1n) is 9.07. The van der Waals surface area contributed by atoms with Gasteiger partial charge in [-0.3, -0.25) is 9.79 Å². The van der Waals surface area contributed by atoms with Crippen LogP contribution in [-0.2, 0) is 11.2 Å². The summed E-state index contributed by atoms with van der Waals surface area (Å²) in [5.74, 6) is 1.11. The van der Waals surface area contributed by atoms with Crippen LogP contribution in [0.25, 0.3) is 0 Å². The minimum atomic E-state index is 0.0556. The summed E-state index contributed by atoms with van der Waals surface area (Å²) in [7, 11) is 0. The summed E-state index contributed by atoms with van der Waals surface area (Å²) in [6.45, 7) is 9.04. The smallest absolute Gasteiger partial charge is 0.225 e. The fourth-order valence-electron chi connectivity index (χ4n) is 2.90. The van der Waals surface area contributed by atoms with Gasteiger partial charge in [-0.25, -0.2) is 0 Å². The molecular weight excluding hydrogens is 336 g/mol. The van der Waals surface area contributed by atoms with Crippen LogP contribution in [0.2, 0.25) is 5.02 Å². The van der Waals surface area contributed by atoms with Crippen molar-refractivity contribution >= 4 is 23.5 Å². The molecule has 1 heterocycles. The lowest BCUT2D eigenvalue weighted by atomic mass is 10.1. The molecule has 0 spiro atoms. The molecule has 1 unspecified atom stereocenters. The lowest BCUT2D eigenvalue weighted by molar-refractivity contribution is -0.133. The molecular formula is C19H29ClN4O. The maximum Gasteiger partial charge on any atom is 0.225 e. The van der Waals surface area contributed by atoms with Crippen LogP contribution in [0, 0.1) is 5.92 Å². The number of carbonyl (C=O) groups excluding carboxylic acids is 1. The number of likely N-dealkylation sites (tertiary alicyclic amines) is 1. The highest BCUT2D eigenvalue weighted by Gasteiger charge is 2.27. The zero-order valence-corrected chi connectivity index (χ0v) is 16.1. The third-order valence-electron chi connectivity index (χ3n) is 4.26. The predicted molar refractivity (Wildman–Crippen MR) is 104 cm³/mol. The Balaban J connectivity index is 1.85. The van der Waals surface area contributed by atoms with Gasteiger partial charge in [0.2, 0.25) is 5.91 Å². The van der Waals surface area contributed by atoms with E-state index in [0.717, 1.165) is 43.5 Å². The largest absolute Gasteiger partial charge is 0.357 e. The van der Waals surface area contributed by atoms with Crippen LogP contribution in [0.15, 0.2) is 29.3 Å². The molecule has 1 aliphatic heterocycles. The number of hydrogen-bond acceptors (Lipinski definition) is 2. The van der Waals surface area contributed by atoms with Crippen LogP contribution in [-0.4, -0.2) is 49.0 Å². The van der Waals surface area contributed by atoms with E-state index < -0.39 is 0 Å². The Morgan fingerprint density at radius 2 is 2.08 bits per heavy atom. The van der Waals surface area contributed by atoms with Crippen molar-refractivity contribution in [2.75, 3.05) is 26.2 Å². The van der Waals surface area contributed by atoms with Crippen LogP contribution in [0.5, 0.6) is 0 Å². The lowest BCUT2D eigenvalue weighted by Crippen LogP contribution is -2.45. The predicted octanol–water partition coefficient (Wildman–Crippen LogP) is 2.69. The van der Waals surface area contributed by atoms with Crippen LogP contribution in [0.1, 0.15) is 32.8 Å². The summed E-state index contributed by atoms with van der Waals surface area (Å²) in [5, 5.41) is 7.50. The number of nitrogens with zero attached hydrogens (tertiary/aromatic N) is 2. The maximum atomic E-state index is 12.1. The van der Waals surface area contributed by atoms with Crippen LogP contribution in [0.3, 0.4) is 0 Å². The standard InChI is InChI=1S/C19H29ClN4O/c1-4-21-19(22-11-9-15-5-7-16(20)8-6-15)23-17-10-12-24(13-17)18(25)14(2)3/h5-8,14,17H,4,9-13H2,1-3H3,(H2,21,22,23). The molecule has 2 rings (SSSR count). The van der Waals surface area contributed by atoms with E-state index >= 15 is 0 Å². The number of rotatable bonds is 6. The van der Waals surface area contributed by atoms with Gasteiger partial charge in [0.15, 0.2) is 5.96 Å². The van der Waals surface area contributed by atoms with E-state index in [0.29, 0.717) is 6.54 Å². The molecule has 0 aliphatic carbocycles. The minimum absolute atomic E-state index is 0.0556. The van der Waals surface area contributed by atoms with Gasteiger partial charge in [0.25, 0.3) is 0 Å². The third-order valence-corrected chi connectivity index (χ3v) is 4.51. The zero-order valence-electron chi connectivity index (χ0n) is 15.4. The second-order valence-electron chi connectivity index (χ2n) is 6.71. The van der Waals surface area contributed by atoms with Crippen molar-refractivity contribution in [1.82, 2.24) is 15.5 Å². The molecule has 1 aromatic rings. The molecule has 1 fully saturated rings. The minimum Gasteiger partial charge on any atom is -0.357 e. The molecule has 1 atom stereocenters. The molecule has 0 bridgehead atoms. The van der Waals surface area contributed by atoms with Crippen molar-refractivity contribution in [2.24, 2.45) is 10.9 Å². The van der Waals surface area contributed by atoms with Crippen molar-refractivity contribution < 1.29 is 4.79 Å². The van der Waals surface area contributed by atoms with Gasteiger partial charge in [-0.2, -0.15) is 0 Å². The van der Waals surface area contributed by atoms with Gasteiger partial charge >= 0.3 is 0 Å². The SMILES string of the molecule is CCNC(=NCCc1ccc(Cl)cc1)NC1CCN(C(=O)C(C)C)C1. The maximum absolute atomic E-state index is 12.1. The van der Waals surface area contributed by atoms with Crippen LogP contribution >= 0.6 is 11.6 Å². The first-order chi connectivity index (χ1) is 12.0. The Bertz CT molecular complexity index is 586. The van der Waals surface area contributed by atoms with Gasteiger partial charge in [-0.15, -0.1) is 0 Å². The molecule has 0 saturated carbocycles. The summed E-state index contributed by atoms with van der Waals surface area (Å²) in [4.78, 5) is 18.7. The fourth-order valence-corrected chi connectivity index (χ4v) is 3.03. The van der Waals surface area contributed by atoms with Crippen LogP contribution < -0.4 is 10.6 Å². The number of guanidine groups is 1. The number of carbonyl (C=O) groups is 1. The molecule has 2 N–H and O–H groups in total. The normalized spacial score (nSPS) is 17.9. The van der Waals surface area contributed by atoms with E-state index in [1.165, 1.54) is 5.56 Å². The number of nitrogens with one attached hydrogen (secondary N) is 2. The van der Waals surface area contributed by atoms with Gasteiger partial charge < -0.3 is 15.5 Å². The molecule has 0 aromatic heterocycles. The first kappa shape index (κ1) is 19.6. The van der Waals surface area contributed by atoms with E-state index in [9.17, 15) is 4.79 Å². The van der Waals surface area contributed by atoms with E-state index in [2.05, 4.69) is 22.5 Å². The molecule has 1 aromatic carbocycles. The Kier molecular flexibility index (Phi) is 7.56. The van der Waals surface area contributed by atoms with Gasteiger partial charge in [0.1, 0.15) is 0 Å². The van der Waals surface area contributed by atoms with E-state index in [-0.39, 0.29) is 17.9 Å². The average Bonchev–Trinajstić information content (AvgIpc) is 3.04. The number of aliphatic imine (C=N–C) groups is 1. The average molecular weight is 365 g/mol. The molecule has 1 amide bonds. The quantitative estimate of drug-likeness (QED) is 0.602. The number of halogens is 1. The summed E-state index contributed by atoms with van der Waals surface area (Å²) < 4.78 is 0. The highest BCUT2D eigenvalue weighted by atomic mass is 35.5. The Labute approximate surface area is 155 Å². The van der Waals surface area contributed by atoms with Crippen molar-refractivity contribution in [3.63, 3.8) is 0 Å². The van der Waals surface area contributed by atoms with Gasteiger partial charge in [-0.1, -0.05) is 37.6 Å². The molecule has 1 aliphatic rings. The Morgan fingerprint density at radius 1 is 1.36 bits per heavy atom. The van der Waals surface area contributed by atoms with Crippen LogP contribution in [0.4, 0.5) is 0 Å². The molecule has 25 heavy (non-hydrogen) atoms. The molecule has 6 heteroatoms. The van der Waals surface area contributed by atoms with E-state index in [4.69, 9.17) is 11.6 Å². The molecule has 5 nitrogen and oxygen atoms in total. The number of hydrogen-bond donors (Lipinski definition) is 2. The Hall–Kier alpha value is -1.75. The Morgan fingerprint density at radius 3 is 2.72 bits per heavy atom. The first-order valence-corrected chi connectivity index (χ1v) is 9.45. The van der Waals surface area contributed by atoms with Crippen molar-refractivity contribution in [1.29, 1.82) is 0 Å². The third kappa shape index (κ3) is 6.24. The number of amides is 1. The lowest BCUT2D eigenvalue weighted by Gasteiger charge is -2.20. The van der Waals surface area contributed by atoms with Gasteiger partial charge in [-0.05, 0) is 37.5 Å². The second kappa shape index (κ2) is 9.66. The van der Waals surface area contributed by atoms with Crippen molar-refractivity contribution in [2.45, 2.75) is 39.7 Å². The summed E-state index contributed by atoms with van der Waals surface area (Å²) in [6.07, 6.45) is 1.83. The second-order valence-corrected chi connectivity index (χ2v) is 7.14. The monoisotopic (exact) mass is 364 g/mol. The fraction of sp³-hybridized carbons (Fsp3) is 0.579. The highest BCUT2D eigenvalue weighted by Crippen LogP contribution is 2.13. The van der Waals surface area contributed by atoms with Crippen molar-refractivity contribution in [3.05, 3.63) is 34.9 Å². The summed E-state index contributed by atoms with van der Waals surface area (Å²) in [5.41, 5.74) is 1.22. The van der Waals surface area contributed by atoms with E-state index in [1.54, 1.807) is 0 Å². The van der Waals surface area contributed by atoms with Gasteiger partial charge in [0, 0.05) is 43.2 Å². The zero-order chi connectivity index (χ0) is 18.2. The van der Waals surface area contributed by atoms with Gasteiger partial charge in [0.05, 0.1) is 0 Å². The molecule has 138 valence electrons. The summed E-state index contributed by atoms with van der Waals surface area (Å²) in [6, 6.07) is 8.14. The molecule has 1 saturated heterocycles. The highest BCUT2D eigenvalue weighted by molar-refractivity contribution is 6.30. The summed E-state index contributed by atoms with van der Waals surface area (Å²) >= 11 is 5.91. The van der Waals surface area contributed by atoms with E-state index in [1.807, 2.05) is 43.0 Å². The molecule has 0 radical (unpaired) electrons.